The molecule has 0 aromatic carbocycles. The maximum Gasteiger partial charge on any atom is 0.220 e. The van der Waals surface area contributed by atoms with Crippen molar-refractivity contribution >= 4 is 23.6 Å². The lowest BCUT2D eigenvalue weighted by atomic mass is 10.1. The highest BCUT2D eigenvalue weighted by Crippen LogP contribution is 2.13. The van der Waals surface area contributed by atoms with E-state index in [9.17, 15) is 14.7 Å². The second-order valence-corrected chi connectivity index (χ2v) is 10.4. The fourth-order valence-corrected chi connectivity index (χ4v) is 4.51. The fourth-order valence-electron chi connectivity index (χ4n) is 3.56. The Morgan fingerprint density at radius 3 is 1.87 bits per heavy atom. The molecule has 1 N–H and O–H groups in total. The van der Waals surface area contributed by atoms with Crippen LogP contribution in [0.4, 0.5) is 0 Å². The SMILES string of the molecule is CCCCCCCCCCCCCCSCCC(=O)NCCC[N+](C)(C)CC(=O)[O-]. The highest BCUT2D eigenvalue weighted by molar-refractivity contribution is 7.99. The molecule has 0 aromatic rings. The number of hydrogen-bond donors (Lipinski definition) is 1. The topological polar surface area (TPSA) is 69.2 Å². The Balaban J connectivity index is 3.31. The lowest BCUT2D eigenvalue weighted by Crippen LogP contribution is -2.49. The largest absolute Gasteiger partial charge is 0.544 e. The number of carboxylic acid groups (broad SMARTS) is 1. The number of carbonyl (C=O) groups excluding carboxylic acids is 2. The molecule has 0 saturated heterocycles. The van der Waals surface area contributed by atoms with Crippen LogP contribution in [-0.2, 0) is 9.59 Å². The number of rotatable bonds is 22. The second-order valence-electron chi connectivity index (χ2n) is 9.14. The Bertz CT molecular complexity index is 431. The summed E-state index contributed by atoms with van der Waals surface area (Å²) in [5, 5.41) is 13.6. The summed E-state index contributed by atoms with van der Waals surface area (Å²) in [6.45, 7) is 3.59. The molecule has 0 aromatic heterocycles. The van der Waals surface area contributed by atoms with Crippen molar-refractivity contribution in [2.45, 2.75) is 96.8 Å². The minimum absolute atomic E-state index is 0.00368. The van der Waals surface area contributed by atoms with Gasteiger partial charge in [-0.25, -0.2) is 0 Å². The highest BCUT2D eigenvalue weighted by Gasteiger charge is 2.14. The van der Waals surface area contributed by atoms with E-state index < -0.39 is 5.97 Å². The molecule has 0 bridgehead atoms. The van der Waals surface area contributed by atoms with Gasteiger partial charge in [-0.3, -0.25) is 4.79 Å². The second kappa shape index (κ2) is 20.2. The smallest absolute Gasteiger partial charge is 0.220 e. The maximum absolute atomic E-state index is 11.8. The molecule has 6 heteroatoms. The first-order chi connectivity index (χ1) is 14.4. The predicted octanol–water partition coefficient (Wildman–Crippen LogP) is 4.14. The van der Waals surface area contributed by atoms with Crippen molar-refractivity contribution in [3.8, 4) is 0 Å². The van der Waals surface area contributed by atoms with Crippen LogP contribution in [-0.4, -0.2) is 61.6 Å². The Labute approximate surface area is 190 Å². The Kier molecular flexibility index (Phi) is 19.7. The third-order valence-corrected chi connectivity index (χ3v) is 6.51. The van der Waals surface area contributed by atoms with Gasteiger partial charge < -0.3 is 19.7 Å². The molecule has 0 spiro atoms. The van der Waals surface area contributed by atoms with E-state index in [1.165, 1.54) is 77.0 Å². The van der Waals surface area contributed by atoms with Gasteiger partial charge in [-0.05, 0) is 12.2 Å². The average molecular weight is 445 g/mol. The van der Waals surface area contributed by atoms with Crippen LogP contribution in [0.15, 0.2) is 0 Å². The van der Waals surface area contributed by atoms with Gasteiger partial charge in [-0.1, -0.05) is 77.6 Å². The van der Waals surface area contributed by atoms with E-state index in [-0.39, 0.29) is 12.5 Å². The molecule has 0 aliphatic carbocycles. The summed E-state index contributed by atoms with van der Waals surface area (Å²) >= 11 is 1.88. The summed E-state index contributed by atoms with van der Waals surface area (Å²) in [5.74, 6) is 1.10. The van der Waals surface area contributed by atoms with Gasteiger partial charge in [0.1, 0.15) is 6.54 Å². The number of hydrogen-bond acceptors (Lipinski definition) is 4. The quantitative estimate of drug-likeness (QED) is 0.201. The molecule has 0 atom stereocenters. The van der Waals surface area contributed by atoms with Crippen LogP contribution in [0.25, 0.3) is 0 Å². The lowest BCUT2D eigenvalue weighted by Gasteiger charge is -2.30. The van der Waals surface area contributed by atoms with E-state index >= 15 is 0 Å². The third kappa shape index (κ3) is 21.9. The predicted molar refractivity (Wildman–Crippen MR) is 127 cm³/mol. The van der Waals surface area contributed by atoms with Gasteiger partial charge in [0.2, 0.25) is 5.91 Å². The molecule has 1 amide bonds. The van der Waals surface area contributed by atoms with Crippen LogP contribution >= 0.6 is 11.8 Å². The zero-order valence-electron chi connectivity index (χ0n) is 20.0. The molecule has 0 heterocycles. The van der Waals surface area contributed by atoms with Crippen LogP contribution in [0.2, 0.25) is 0 Å². The van der Waals surface area contributed by atoms with Crippen molar-refractivity contribution in [1.82, 2.24) is 5.32 Å². The molecule has 0 aliphatic rings. The van der Waals surface area contributed by atoms with Crippen molar-refractivity contribution in [2.75, 3.05) is 45.2 Å². The van der Waals surface area contributed by atoms with E-state index in [0.717, 1.165) is 17.9 Å². The zero-order valence-corrected chi connectivity index (χ0v) is 20.8. The number of nitrogens with zero attached hydrogens (tertiary/aromatic N) is 1. The molecule has 0 saturated carbocycles. The number of nitrogens with one attached hydrogen (secondary N) is 1. The number of carbonyl (C=O) groups is 2. The number of aliphatic carboxylic acids is 1. The molecule has 0 unspecified atom stereocenters. The summed E-state index contributed by atoms with van der Waals surface area (Å²) in [7, 11) is 3.73. The van der Waals surface area contributed by atoms with E-state index in [2.05, 4.69) is 12.2 Å². The molecule has 30 heavy (non-hydrogen) atoms. The van der Waals surface area contributed by atoms with Crippen LogP contribution in [0.3, 0.4) is 0 Å². The van der Waals surface area contributed by atoms with Gasteiger partial charge in [-0.2, -0.15) is 11.8 Å². The lowest BCUT2D eigenvalue weighted by molar-refractivity contribution is -0.884. The zero-order chi connectivity index (χ0) is 22.5. The van der Waals surface area contributed by atoms with Crippen LogP contribution in [0, 0.1) is 0 Å². The molecule has 0 rings (SSSR count). The Morgan fingerprint density at radius 2 is 1.33 bits per heavy atom. The average Bonchev–Trinajstić information content (AvgIpc) is 2.67. The monoisotopic (exact) mass is 444 g/mol. The van der Waals surface area contributed by atoms with E-state index in [4.69, 9.17) is 0 Å². The minimum Gasteiger partial charge on any atom is -0.544 e. The summed E-state index contributed by atoms with van der Waals surface area (Å²) in [5.41, 5.74) is 0. The highest BCUT2D eigenvalue weighted by atomic mass is 32.2. The van der Waals surface area contributed by atoms with E-state index in [1.807, 2.05) is 25.9 Å². The summed E-state index contributed by atoms with van der Waals surface area (Å²) < 4.78 is 0.382. The molecule has 0 radical (unpaired) electrons. The molecular formula is C24H48N2O3S. The number of carboxylic acids is 1. The Hall–Kier alpha value is -0.750. The van der Waals surface area contributed by atoms with Gasteiger partial charge in [0.25, 0.3) is 0 Å². The summed E-state index contributed by atoms with van der Waals surface area (Å²) in [6.07, 6.45) is 17.8. The van der Waals surface area contributed by atoms with Gasteiger partial charge in [0.15, 0.2) is 0 Å². The summed E-state index contributed by atoms with van der Waals surface area (Å²) in [6, 6.07) is 0. The summed E-state index contributed by atoms with van der Waals surface area (Å²) in [4.78, 5) is 22.5. The van der Waals surface area contributed by atoms with E-state index in [1.54, 1.807) is 0 Å². The van der Waals surface area contributed by atoms with Crippen LogP contribution < -0.4 is 10.4 Å². The minimum atomic E-state index is -1.03. The van der Waals surface area contributed by atoms with Gasteiger partial charge in [0.05, 0.1) is 26.6 Å². The first-order valence-corrected chi connectivity index (χ1v) is 13.4. The van der Waals surface area contributed by atoms with Crippen LogP contribution in [0.5, 0.6) is 0 Å². The van der Waals surface area contributed by atoms with E-state index in [0.29, 0.717) is 24.0 Å². The van der Waals surface area contributed by atoms with Gasteiger partial charge in [-0.15, -0.1) is 0 Å². The number of likely N-dealkylation sites (N-methyl/N-ethyl adjacent to an activating group) is 1. The van der Waals surface area contributed by atoms with Crippen molar-refractivity contribution < 1.29 is 19.2 Å². The van der Waals surface area contributed by atoms with Crippen molar-refractivity contribution in [3.63, 3.8) is 0 Å². The maximum atomic E-state index is 11.8. The molecular weight excluding hydrogens is 396 g/mol. The van der Waals surface area contributed by atoms with Gasteiger partial charge in [0, 0.05) is 25.1 Å². The third-order valence-electron chi connectivity index (χ3n) is 5.44. The first kappa shape index (κ1) is 29.2. The van der Waals surface area contributed by atoms with Crippen molar-refractivity contribution in [3.05, 3.63) is 0 Å². The van der Waals surface area contributed by atoms with Crippen LogP contribution in [0.1, 0.15) is 96.8 Å². The fraction of sp³-hybridized carbons (Fsp3) is 0.917. The number of amides is 1. The van der Waals surface area contributed by atoms with Crippen molar-refractivity contribution in [1.29, 1.82) is 0 Å². The molecule has 0 fully saturated rings. The number of thioether (sulfide) groups is 1. The standard InChI is InChI=1S/C24H48N2O3S/c1-4-5-6-7-8-9-10-11-12-13-14-15-20-30-21-17-23(27)25-18-16-19-26(2,3)22-24(28)29/h4-22H2,1-3H3,(H-,25,27,28,29). The number of unbranched alkanes of at least 4 members (excludes halogenated alkanes) is 11. The molecule has 0 aliphatic heterocycles. The normalized spacial score (nSPS) is 11.6. The first-order valence-electron chi connectivity index (χ1n) is 12.2. The number of quaternary nitrogens is 1. The molecule has 178 valence electrons. The Morgan fingerprint density at radius 1 is 0.800 bits per heavy atom. The molecule has 5 nitrogen and oxygen atoms in total. The van der Waals surface area contributed by atoms with Crippen molar-refractivity contribution in [2.24, 2.45) is 0 Å². The van der Waals surface area contributed by atoms with Gasteiger partial charge >= 0.3 is 0 Å².